The summed E-state index contributed by atoms with van der Waals surface area (Å²) < 4.78 is 0. The predicted octanol–water partition coefficient (Wildman–Crippen LogP) is 12.8. The molecule has 0 radical (unpaired) electrons. The van der Waals surface area contributed by atoms with E-state index in [1.54, 1.807) is 0 Å². The van der Waals surface area contributed by atoms with Crippen LogP contribution in [0.3, 0.4) is 0 Å². The predicted molar refractivity (Wildman–Crippen MR) is 178 cm³/mol. The molecular weight excluding hydrogens is 568 g/mol. The van der Waals surface area contributed by atoms with Crippen molar-refractivity contribution in [1.82, 2.24) is 0 Å². The van der Waals surface area contributed by atoms with Gasteiger partial charge in [-0.2, -0.15) is 25.6 Å². The molecule has 0 spiro atoms. The maximum Gasteiger partial charge on any atom is 1.00 e. The summed E-state index contributed by atoms with van der Waals surface area (Å²) in [5, 5.41) is 3.02. The SMILES string of the molecule is CC(C)(C)[Si](p1p2[p-]p3p1p3p2[Si](C(C)(C)C)(C(C)(C)C)C(C)(C)C)(C(C)(C)C)C(C)(C)C.[Li+]. The number of rotatable bonds is 2. The zero-order valence-corrected chi connectivity index (χ0v) is 34.4. The monoisotopic (exact) mass is 622 g/mol. The molecule has 0 aliphatic heterocycles. The summed E-state index contributed by atoms with van der Waals surface area (Å²) in [4.78, 5) is 0. The van der Waals surface area contributed by atoms with Crippen LogP contribution in [0.5, 0.6) is 0 Å². The standard InChI is InChI=1S/C24H54P7Si2.Li/c1-19(2,3)32(20(4,5)6,21(7,8)9)30-27-25-26-28(30)29(26)31(27)33(22(10,11)12,23(13,14)15)24(16,17)18;/h1-18H3;/q-1;+1. The Morgan fingerprint density at radius 3 is 0.735 bits per heavy atom. The van der Waals surface area contributed by atoms with E-state index in [1.807, 2.05) is 0 Å². The van der Waals surface area contributed by atoms with Gasteiger partial charge in [-0.15, -0.1) is 20.3 Å². The van der Waals surface area contributed by atoms with Gasteiger partial charge >= 0.3 is 18.9 Å². The Morgan fingerprint density at radius 1 is 0.382 bits per heavy atom. The van der Waals surface area contributed by atoms with Gasteiger partial charge in [0.05, 0.1) is 15.5 Å². The minimum Gasteiger partial charge on any atom is -0.175 e. The third kappa shape index (κ3) is 4.16. The van der Waals surface area contributed by atoms with Crippen LogP contribution < -0.4 is 18.9 Å². The van der Waals surface area contributed by atoms with Gasteiger partial charge in [0.1, 0.15) is 0 Å². The van der Waals surface area contributed by atoms with Crippen LogP contribution in [0.15, 0.2) is 0 Å². The van der Waals surface area contributed by atoms with Gasteiger partial charge in [0.25, 0.3) is 0 Å². The van der Waals surface area contributed by atoms with Crippen LogP contribution in [-0.2, 0) is 0 Å². The smallest absolute Gasteiger partial charge is 0.175 e. The van der Waals surface area contributed by atoms with E-state index in [0.717, 1.165) is 0 Å². The molecule has 4 aromatic rings. The Bertz CT molecular complexity index is 973. The summed E-state index contributed by atoms with van der Waals surface area (Å²) in [6.07, 6.45) is 2.30. The Hall–Kier alpha value is 3.13. The van der Waals surface area contributed by atoms with Crippen molar-refractivity contribution in [3.8, 4) is 0 Å². The molecule has 0 N–H and O–H groups in total. The van der Waals surface area contributed by atoms with Crippen molar-refractivity contribution in [1.29, 1.82) is 0 Å². The largest absolute Gasteiger partial charge is 1.00 e. The number of hydrogen-bond acceptors (Lipinski definition) is 0. The second-order valence-corrected chi connectivity index (χ2v) is 77.8. The molecule has 0 aliphatic rings. The van der Waals surface area contributed by atoms with Crippen molar-refractivity contribution in [3.05, 3.63) is 0 Å². The van der Waals surface area contributed by atoms with E-state index in [9.17, 15) is 0 Å². The molecule has 0 saturated carbocycles. The topological polar surface area (TPSA) is 0 Å². The summed E-state index contributed by atoms with van der Waals surface area (Å²) in [5.41, 5.74) is 0. The average molecular weight is 623 g/mol. The molecule has 34 heavy (non-hydrogen) atoms. The first-order chi connectivity index (χ1) is 14.2. The van der Waals surface area contributed by atoms with Crippen LogP contribution in [0, 0.1) is 0 Å². The summed E-state index contributed by atoms with van der Waals surface area (Å²) >= 11 is 0. The zero-order chi connectivity index (χ0) is 26.2. The van der Waals surface area contributed by atoms with Crippen LogP contribution in [0.25, 0.3) is 0 Å². The van der Waals surface area contributed by atoms with Crippen LogP contribution in [-0.4, -0.2) is 15.5 Å². The third-order valence-electron chi connectivity index (χ3n) is 8.40. The maximum absolute atomic E-state index is 2.71. The molecule has 4 heterocycles. The van der Waals surface area contributed by atoms with Gasteiger partial charge in [-0.1, -0.05) is 125 Å². The molecule has 4 atom stereocenters. The van der Waals surface area contributed by atoms with E-state index in [-0.39, 0.29) is 18.9 Å². The van der Waals surface area contributed by atoms with Crippen molar-refractivity contribution in [2.45, 2.75) is 155 Å². The van der Waals surface area contributed by atoms with Crippen LogP contribution >= 0.6 is 45.9 Å². The fraction of sp³-hybridized carbons (Fsp3) is 1.00. The normalized spacial score (nSPS) is 19.7. The fourth-order valence-corrected chi connectivity index (χ4v) is 320. The molecule has 0 saturated heterocycles. The van der Waals surface area contributed by atoms with Crippen LogP contribution in [0.2, 0.25) is 30.2 Å². The summed E-state index contributed by atoms with van der Waals surface area (Å²) in [6, 6.07) is 0. The Morgan fingerprint density at radius 2 is 0.588 bits per heavy atom. The molecule has 4 aromatic heterocycles. The van der Waals surface area contributed by atoms with Crippen molar-refractivity contribution in [2.75, 3.05) is 0 Å². The van der Waals surface area contributed by atoms with Gasteiger partial charge in [0.2, 0.25) is 0 Å². The van der Waals surface area contributed by atoms with Gasteiger partial charge in [0, 0.05) is 0 Å². The Kier molecular flexibility index (Phi) is 8.89. The van der Waals surface area contributed by atoms with E-state index in [1.165, 1.54) is 0 Å². The van der Waals surface area contributed by atoms with Gasteiger partial charge in [0.15, 0.2) is 0 Å². The van der Waals surface area contributed by atoms with E-state index in [2.05, 4.69) is 132 Å². The first-order valence-corrected chi connectivity index (χ1v) is 33.7. The minimum absolute atomic E-state index is 0. The molecule has 0 aliphatic carbocycles. The van der Waals surface area contributed by atoms with Gasteiger partial charge < -0.3 is 0 Å². The Labute approximate surface area is 233 Å². The van der Waals surface area contributed by atoms with E-state index < -0.39 is 15.5 Å². The van der Waals surface area contributed by atoms with E-state index >= 15 is 0 Å². The van der Waals surface area contributed by atoms with Gasteiger partial charge in [-0.3, -0.25) is 0 Å². The van der Waals surface area contributed by atoms with Crippen molar-refractivity contribution >= 4 is 61.4 Å². The van der Waals surface area contributed by atoms with Gasteiger partial charge in [-0.05, 0) is 30.2 Å². The second-order valence-electron chi connectivity index (χ2n) is 16.7. The molecule has 194 valence electrons. The van der Waals surface area contributed by atoms with Crippen molar-refractivity contribution in [2.24, 2.45) is 0 Å². The van der Waals surface area contributed by atoms with Crippen LogP contribution in [0.1, 0.15) is 125 Å². The molecule has 10 heteroatoms. The molecule has 0 amide bonds. The van der Waals surface area contributed by atoms with Gasteiger partial charge in [-0.25, -0.2) is 0 Å². The first kappa shape index (κ1) is 33.3. The summed E-state index contributed by atoms with van der Waals surface area (Å²) in [7, 11) is -1.12. The summed E-state index contributed by atoms with van der Waals surface area (Å²) in [6.45, 7) is 48.7. The third-order valence-corrected chi connectivity index (χ3v) is 147. The second kappa shape index (κ2) is 9.07. The molecule has 0 aromatic carbocycles. The Balaban J connectivity index is 0.00000408. The van der Waals surface area contributed by atoms with E-state index in [0.29, 0.717) is 68.6 Å². The molecular formula is C24H54LiP7Si2. The van der Waals surface area contributed by atoms with E-state index in [4.69, 9.17) is 0 Å². The molecule has 4 unspecified atom stereocenters. The first-order valence-electron chi connectivity index (χ1n) is 12.7. The molecule has 0 nitrogen and oxygen atoms in total. The molecule has 0 fully saturated rings. The summed E-state index contributed by atoms with van der Waals surface area (Å²) in [5.74, 6) is 0. The van der Waals surface area contributed by atoms with Crippen molar-refractivity contribution in [3.63, 3.8) is 0 Å². The van der Waals surface area contributed by atoms with Crippen LogP contribution in [0.4, 0.5) is 0 Å². The fourth-order valence-electron chi connectivity index (χ4n) is 9.94. The quantitative estimate of drug-likeness (QED) is 0.250. The average Bonchev–Trinajstić information content (AvgIpc) is 2.73. The molecule has 4 bridgehead atoms. The maximum atomic E-state index is 2.71. The minimum atomic E-state index is -1.62. The molecule has 4 rings (SSSR count). The number of hydrogen-bond donors (Lipinski definition) is 0. The zero-order valence-electron chi connectivity index (χ0n) is 26.1. The van der Waals surface area contributed by atoms with Crippen molar-refractivity contribution < 1.29 is 18.9 Å².